The van der Waals surface area contributed by atoms with E-state index in [1.54, 1.807) is 6.20 Å². The van der Waals surface area contributed by atoms with Crippen molar-refractivity contribution in [2.24, 2.45) is 12.8 Å². The van der Waals surface area contributed by atoms with Crippen LogP contribution in [0.4, 0.5) is 10.7 Å². The molecule has 5 nitrogen and oxygen atoms in total. The number of anilines is 1. The van der Waals surface area contributed by atoms with Crippen molar-refractivity contribution >= 4 is 12.0 Å². The molecule has 0 aliphatic rings. The number of primary amides is 1. The Labute approximate surface area is 83.3 Å². The minimum absolute atomic E-state index is 0.000668. The molecule has 1 aromatic rings. The van der Waals surface area contributed by atoms with Crippen LogP contribution in [0.15, 0.2) is 6.20 Å². The largest absolute Gasteiger partial charge is 0.351 e. The van der Waals surface area contributed by atoms with Gasteiger partial charge in [-0.3, -0.25) is 5.32 Å². The van der Waals surface area contributed by atoms with Crippen LogP contribution in [0.1, 0.15) is 26.5 Å². The van der Waals surface area contributed by atoms with Gasteiger partial charge in [-0.05, 0) is 0 Å². The predicted molar refractivity (Wildman–Crippen MR) is 55.1 cm³/mol. The number of carbonyl (C=O) groups excluding carboxylic acids is 1. The van der Waals surface area contributed by atoms with E-state index in [0.29, 0.717) is 5.95 Å². The van der Waals surface area contributed by atoms with Crippen LogP contribution in [0.3, 0.4) is 0 Å². The zero-order valence-electron chi connectivity index (χ0n) is 8.96. The Morgan fingerprint density at radius 1 is 1.57 bits per heavy atom. The minimum Gasteiger partial charge on any atom is -0.351 e. The molecule has 0 aliphatic carbocycles. The predicted octanol–water partition coefficient (Wildman–Crippen LogP) is 1.21. The van der Waals surface area contributed by atoms with E-state index in [2.05, 4.69) is 31.1 Å². The molecule has 0 fully saturated rings. The number of urea groups is 1. The number of rotatable bonds is 1. The fraction of sp³-hybridized carbons (Fsp3) is 0.556. The molecule has 2 amide bonds. The van der Waals surface area contributed by atoms with Gasteiger partial charge in [0.25, 0.3) is 0 Å². The molecule has 0 saturated heterocycles. The number of nitrogens with two attached hydrogens (primary N) is 1. The van der Waals surface area contributed by atoms with Crippen molar-refractivity contribution < 1.29 is 4.79 Å². The molecule has 0 saturated carbocycles. The summed E-state index contributed by atoms with van der Waals surface area (Å²) < 4.78 is 1.82. The van der Waals surface area contributed by atoms with Gasteiger partial charge < -0.3 is 10.3 Å². The summed E-state index contributed by atoms with van der Waals surface area (Å²) >= 11 is 0. The third-order valence-corrected chi connectivity index (χ3v) is 1.99. The average molecular weight is 196 g/mol. The second-order valence-corrected chi connectivity index (χ2v) is 4.27. The standard InChI is InChI=1S/C9H16N4O/c1-9(2,3)6-5-11-8(13(6)4)12-7(10)14/h5H,1-4H3,(H3,10,11,12,14). The summed E-state index contributed by atoms with van der Waals surface area (Å²) in [6, 6.07) is -0.598. The molecule has 1 rings (SSSR count). The lowest BCUT2D eigenvalue weighted by Gasteiger charge is -2.19. The lowest BCUT2D eigenvalue weighted by Crippen LogP contribution is -2.23. The first-order valence-corrected chi connectivity index (χ1v) is 4.41. The molecule has 78 valence electrons. The van der Waals surface area contributed by atoms with E-state index in [4.69, 9.17) is 5.73 Å². The van der Waals surface area contributed by atoms with Gasteiger partial charge in [-0.2, -0.15) is 0 Å². The normalized spacial score (nSPS) is 11.4. The van der Waals surface area contributed by atoms with E-state index >= 15 is 0 Å². The molecule has 3 N–H and O–H groups in total. The average Bonchev–Trinajstić information content (AvgIpc) is 2.30. The Bertz CT molecular complexity index is 348. The first kappa shape index (κ1) is 10.6. The Hall–Kier alpha value is -1.52. The van der Waals surface area contributed by atoms with Gasteiger partial charge in [-0.1, -0.05) is 20.8 Å². The summed E-state index contributed by atoms with van der Waals surface area (Å²) in [6.45, 7) is 6.24. The number of hydrogen-bond acceptors (Lipinski definition) is 2. The number of carbonyl (C=O) groups is 1. The number of aromatic nitrogens is 2. The van der Waals surface area contributed by atoms with Gasteiger partial charge in [0.15, 0.2) is 0 Å². The number of imidazole rings is 1. The zero-order chi connectivity index (χ0) is 10.9. The van der Waals surface area contributed by atoms with Gasteiger partial charge in [-0.15, -0.1) is 0 Å². The summed E-state index contributed by atoms with van der Waals surface area (Å²) in [7, 11) is 1.85. The highest BCUT2D eigenvalue weighted by Gasteiger charge is 2.19. The van der Waals surface area contributed by atoms with Crippen LogP contribution >= 0.6 is 0 Å². The van der Waals surface area contributed by atoms with Crippen LogP contribution in [0.5, 0.6) is 0 Å². The molecule has 0 aromatic carbocycles. The molecule has 0 radical (unpaired) electrons. The molecule has 0 spiro atoms. The van der Waals surface area contributed by atoms with Gasteiger partial charge in [0, 0.05) is 18.2 Å². The van der Waals surface area contributed by atoms with Crippen molar-refractivity contribution in [3.8, 4) is 0 Å². The third kappa shape index (κ3) is 2.04. The monoisotopic (exact) mass is 196 g/mol. The molecule has 0 aliphatic heterocycles. The van der Waals surface area contributed by atoms with E-state index in [1.807, 2.05) is 11.6 Å². The Balaban J connectivity index is 3.03. The molecule has 0 unspecified atom stereocenters. The molecular formula is C9H16N4O. The quantitative estimate of drug-likeness (QED) is 0.708. The first-order valence-electron chi connectivity index (χ1n) is 4.41. The van der Waals surface area contributed by atoms with Crippen LogP contribution in [0.25, 0.3) is 0 Å². The molecule has 0 bridgehead atoms. The second kappa shape index (κ2) is 3.32. The summed E-state index contributed by atoms with van der Waals surface area (Å²) in [5.41, 5.74) is 6.05. The fourth-order valence-electron chi connectivity index (χ4n) is 1.33. The zero-order valence-corrected chi connectivity index (χ0v) is 8.96. The van der Waals surface area contributed by atoms with Crippen LogP contribution in [0, 0.1) is 0 Å². The molecule has 1 aromatic heterocycles. The van der Waals surface area contributed by atoms with Crippen LogP contribution < -0.4 is 11.1 Å². The maximum Gasteiger partial charge on any atom is 0.318 e. The lowest BCUT2D eigenvalue weighted by molar-refractivity contribution is 0.259. The number of hydrogen-bond donors (Lipinski definition) is 2. The maximum absolute atomic E-state index is 10.6. The highest BCUT2D eigenvalue weighted by atomic mass is 16.2. The van der Waals surface area contributed by atoms with Gasteiger partial charge in [0.05, 0.1) is 6.20 Å². The van der Waals surface area contributed by atoms with E-state index in [9.17, 15) is 4.79 Å². The number of nitrogens with zero attached hydrogens (tertiary/aromatic N) is 2. The van der Waals surface area contributed by atoms with Gasteiger partial charge >= 0.3 is 6.03 Å². The van der Waals surface area contributed by atoms with Crippen molar-refractivity contribution in [2.75, 3.05) is 5.32 Å². The van der Waals surface area contributed by atoms with Crippen molar-refractivity contribution in [2.45, 2.75) is 26.2 Å². The first-order chi connectivity index (χ1) is 6.32. The molecular weight excluding hydrogens is 180 g/mol. The molecule has 5 heteroatoms. The van der Waals surface area contributed by atoms with E-state index in [-0.39, 0.29) is 5.41 Å². The van der Waals surface area contributed by atoms with Crippen molar-refractivity contribution in [3.63, 3.8) is 0 Å². The van der Waals surface area contributed by atoms with Gasteiger partial charge in [0.1, 0.15) is 0 Å². The minimum atomic E-state index is -0.598. The number of nitrogens with one attached hydrogen (secondary N) is 1. The van der Waals surface area contributed by atoms with Gasteiger partial charge in [-0.25, -0.2) is 9.78 Å². The number of amides is 2. The lowest BCUT2D eigenvalue weighted by atomic mass is 9.93. The molecule has 14 heavy (non-hydrogen) atoms. The summed E-state index contributed by atoms with van der Waals surface area (Å²) in [6.07, 6.45) is 1.74. The third-order valence-electron chi connectivity index (χ3n) is 1.99. The summed E-state index contributed by atoms with van der Waals surface area (Å²) in [5.74, 6) is 0.474. The van der Waals surface area contributed by atoms with Crippen molar-refractivity contribution in [1.29, 1.82) is 0 Å². The van der Waals surface area contributed by atoms with Crippen LogP contribution in [-0.4, -0.2) is 15.6 Å². The topological polar surface area (TPSA) is 72.9 Å². The Morgan fingerprint density at radius 3 is 2.50 bits per heavy atom. The fourth-order valence-corrected chi connectivity index (χ4v) is 1.33. The molecule has 1 heterocycles. The van der Waals surface area contributed by atoms with Gasteiger partial charge in [0.2, 0.25) is 5.95 Å². The van der Waals surface area contributed by atoms with E-state index < -0.39 is 6.03 Å². The summed E-state index contributed by atoms with van der Waals surface area (Å²) in [4.78, 5) is 14.7. The van der Waals surface area contributed by atoms with Crippen molar-refractivity contribution in [1.82, 2.24) is 9.55 Å². The highest BCUT2D eigenvalue weighted by Crippen LogP contribution is 2.23. The van der Waals surface area contributed by atoms with Crippen molar-refractivity contribution in [3.05, 3.63) is 11.9 Å². The van der Waals surface area contributed by atoms with E-state index in [1.165, 1.54) is 0 Å². The Morgan fingerprint density at radius 2 is 2.14 bits per heavy atom. The summed E-state index contributed by atoms with van der Waals surface area (Å²) in [5, 5.41) is 2.46. The Kier molecular flexibility index (Phi) is 2.51. The maximum atomic E-state index is 10.6. The van der Waals surface area contributed by atoms with E-state index in [0.717, 1.165) is 5.69 Å². The van der Waals surface area contributed by atoms with Crippen LogP contribution in [-0.2, 0) is 12.5 Å². The molecule has 0 atom stereocenters. The highest BCUT2D eigenvalue weighted by molar-refractivity contribution is 5.85. The SMILES string of the molecule is Cn1c(C(C)(C)C)cnc1NC(N)=O. The smallest absolute Gasteiger partial charge is 0.318 e. The van der Waals surface area contributed by atoms with Crippen LogP contribution in [0.2, 0.25) is 0 Å². The second-order valence-electron chi connectivity index (χ2n) is 4.27.